The summed E-state index contributed by atoms with van der Waals surface area (Å²) in [5.41, 5.74) is 1.92. The Balaban J connectivity index is 1.76. The number of anilines is 1. The number of aryl methyl sites for hydroxylation is 1. The van der Waals surface area contributed by atoms with Gasteiger partial charge in [0.05, 0.1) is 18.9 Å². The lowest BCUT2D eigenvalue weighted by molar-refractivity contribution is -0.116. The van der Waals surface area contributed by atoms with Gasteiger partial charge in [0.25, 0.3) is 0 Å². The molecule has 0 aliphatic carbocycles. The summed E-state index contributed by atoms with van der Waals surface area (Å²) >= 11 is 1.13. The van der Waals surface area contributed by atoms with Crippen molar-refractivity contribution in [2.24, 2.45) is 0 Å². The molecule has 0 bridgehead atoms. The van der Waals surface area contributed by atoms with E-state index in [4.69, 9.17) is 9.47 Å². The number of carbonyl (C=O) groups is 2. The Morgan fingerprint density at radius 2 is 1.86 bits per heavy atom. The van der Waals surface area contributed by atoms with Crippen LogP contribution in [0.1, 0.15) is 61.5 Å². The van der Waals surface area contributed by atoms with Gasteiger partial charge in [0.1, 0.15) is 10.6 Å². The van der Waals surface area contributed by atoms with Crippen molar-refractivity contribution in [3.63, 3.8) is 0 Å². The third kappa shape index (κ3) is 6.34. The number of hydrogen-bond donors (Lipinski definition) is 1. The van der Waals surface area contributed by atoms with Crippen LogP contribution in [0.25, 0.3) is 0 Å². The Morgan fingerprint density at radius 1 is 1.18 bits per heavy atom. The highest BCUT2D eigenvalue weighted by Crippen LogP contribution is 2.25. The highest BCUT2D eigenvalue weighted by atomic mass is 32.1. The highest BCUT2D eigenvalue weighted by Gasteiger charge is 2.17. The van der Waals surface area contributed by atoms with Gasteiger partial charge in [-0.1, -0.05) is 44.2 Å². The molecule has 0 unspecified atom stereocenters. The molecule has 1 heterocycles. The minimum Gasteiger partial charge on any atom is -0.494 e. The summed E-state index contributed by atoms with van der Waals surface area (Å²) in [7, 11) is 0. The van der Waals surface area contributed by atoms with Crippen molar-refractivity contribution in [3.8, 4) is 5.75 Å². The fourth-order valence-corrected chi connectivity index (χ4v) is 3.37. The fraction of sp³-hybridized carbons (Fsp3) is 0.476. The van der Waals surface area contributed by atoms with Crippen LogP contribution in [-0.2, 0) is 14.9 Å². The van der Waals surface area contributed by atoms with Crippen LogP contribution in [0.4, 0.5) is 5.13 Å². The Morgan fingerprint density at radius 3 is 2.46 bits per heavy atom. The van der Waals surface area contributed by atoms with Gasteiger partial charge in [-0.2, -0.15) is 0 Å². The number of amides is 1. The van der Waals surface area contributed by atoms with Crippen LogP contribution in [0.2, 0.25) is 0 Å². The molecule has 7 heteroatoms. The van der Waals surface area contributed by atoms with E-state index in [-0.39, 0.29) is 11.3 Å². The Kier molecular flexibility index (Phi) is 7.57. The predicted octanol–water partition coefficient (Wildman–Crippen LogP) is 4.72. The second-order valence-corrected chi connectivity index (χ2v) is 8.43. The number of benzene rings is 1. The maximum Gasteiger partial charge on any atom is 0.350 e. The smallest absolute Gasteiger partial charge is 0.350 e. The van der Waals surface area contributed by atoms with Crippen molar-refractivity contribution in [2.45, 2.75) is 52.9 Å². The lowest BCUT2D eigenvalue weighted by atomic mass is 9.87. The van der Waals surface area contributed by atoms with E-state index in [1.165, 1.54) is 5.56 Å². The number of nitrogens with one attached hydrogen (secondary N) is 1. The fourth-order valence-electron chi connectivity index (χ4n) is 2.49. The van der Waals surface area contributed by atoms with Gasteiger partial charge in [0.2, 0.25) is 5.91 Å². The van der Waals surface area contributed by atoms with Crippen molar-refractivity contribution in [1.82, 2.24) is 4.98 Å². The molecule has 0 fully saturated rings. The van der Waals surface area contributed by atoms with Crippen molar-refractivity contribution < 1.29 is 19.1 Å². The Labute approximate surface area is 170 Å². The van der Waals surface area contributed by atoms with Gasteiger partial charge in [0.15, 0.2) is 5.13 Å². The van der Waals surface area contributed by atoms with Crippen LogP contribution in [0, 0.1) is 6.92 Å². The zero-order valence-corrected chi connectivity index (χ0v) is 17.9. The quantitative estimate of drug-likeness (QED) is 0.509. The summed E-state index contributed by atoms with van der Waals surface area (Å²) in [6.07, 6.45) is 0.898. The third-order valence-corrected chi connectivity index (χ3v) is 5.09. The third-order valence-electron chi connectivity index (χ3n) is 4.04. The standard InChI is InChI=1S/C21H28N2O4S/c1-6-26-19(25)18-14(2)22-20(28-18)23-17(24)8-7-13-27-16-11-9-15(10-12-16)21(3,4)5/h9-12H,6-8,13H2,1-5H3,(H,22,23,24). The zero-order chi connectivity index (χ0) is 20.7. The normalized spacial score (nSPS) is 11.2. The molecule has 152 valence electrons. The molecule has 2 aromatic rings. The van der Waals surface area contributed by atoms with Crippen LogP contribution < -0.4 is 10.1 Å². The number of ether oxygens (including phenoxy) is 2. The van der Waals surface area contributed by atoms with Gasteiger partial charge in [-0.15, -0.1) is 0 Å². The minimum atomic E-state index is -0.413. The average Bonchev–Trinajstić information content (AvgIpc) is 2.99. The number of aromatic nitrogens is 1. The summed E-state index contributed by atoms with van der Waals surface area (Å²) in [5.74, 6) is 0.225. The molecule has 0 saturated carbocycles. The molecular weight excluding hydrogens is 376 g/mol. The lowest BCUT2D eigenvalue weighted by Gasteiger charge is -2.19. The molecule has 1 aromatic heterocycles. The number of rotatable bonds is 8. The van der Waals surface area contributed by atoms with E-state index in [1.54, 1.807) is 13.8 Å². The van der Waals surface area contributed by atoms with Crippen LogP contribution in [0.15, 0.2) is 24.3 Å². The maximum atomic E-state index is 12.1. The summed E-state index contributed by atoms with van der Waals surface area (Å²) in [6.45, 7) is 10.7. The molecule has 0 aliphatic heterocycles. The van der Waals surface area contributed by atoms with Gasteiger partial charge in [-0.25, -0.2) is 9.78 Å². The molecule has 1 N–H and O–H groups in total. The minimum absolute atomic E-state index is 0.109. The van der Waals surface area contributed by atoms with Crippen molar-refractivity contribution in [1.29, 1.82) is 0 Å². The number of esters is 1. The van der Waals surface area contributed by atoms with Gasteiger partial charge < -0.3 is 14.8 Å². The van der Waals surface area contributed by atoms with Crippen LogP contribution in [0.3, 0.4) is 0 Å². The van der Waals surface area contributed by atoms with E-state index in [1.807, 2.05) is 12.1 Å². The summed E-state index contributed by atoms with van der Waals surface area (Å²) in [6, 6.07) is 8.04. The monoisotopic (exact) mass is 404 g/mol. The molecule has 1 amide bonds. The molecule has 1 aromatic carbocycles. The van der Waals surface area contributed by atoms with E-state index in [2.05, 4.69) is 43.2 Å². The van der Waals surface area contributed by atoms with Gasteiger partial charge in [-0.05, 0) is 43.4 Å². The van der Waals surface area contributed by atoms with Gasteiger partial charge in [-0.3, -0.25) is 4.79 Å². The Bertz CT molecular complexity index is 807. The van der Waals surface area contributed by atoms with E-state index in [9.17, 15) is 9.59 Å². The van der Waals surface area contributed by atoms with E-state index >= 15 is 0 Å². The summed E-state index contributed by atoms with van der Waals surface area (Å²) in [4.78, 5) is 28.5. The Hall–Kier alpha value is -2.41. The van der Waals surface area contributed by atoms with Crippen LogP contribution >= 0.6 is 11.3 Å². The van der Waals surface area contributed by atoms with Crippen LogP contribution in [-0.4, -0.2) is 30.1 Å². The largest absolute Gasteiger partial charge is 0.494 e. The number of hydrogen-bond acceptors (Lipinski definition) is 6. The predicted molar refractivity (Wildman–Crippen MR) is 111 cm³/mol. The number of carbonyl (C=O) groups excluding carboxylic acids is 2. The van der Waals surface area contributed by atoms with E-state index in [0.717, 1.165) is 17.1 Å². The average molecular weight is 405 g/mol. The molecule has 0 aliphatic rings. The topological polar surface area (TPSA) is 77.5 Å². The molecular formula is C21H28N2O4S. The molecule has 0 radical (unpaired) electrons. The molecule has 28 heavy (non-hydrogen) atoms. The molecule has 0 atom stereocenters. The highest BCUT2D eigenvalue weighted by molar-refractivity contribution is 7.17. The number of thiazole rings is 1. The first-order valence-electron chi connectivity index (χ1n) is 9.38. The SMILES string of the molecule is CCOC(=O)c1sc(NC(=O)CCCOc2ccc(C(C)(C)C)cc2)nc1C. The molecule has 2 rings (SSSR count). The maximum absolute atomic E-state index is 12.1. The number of nitrogens with zero attached hydrogens (tertiary/aromatic N) is 1. The second kappa shape index (κ2) is 9.68. The lowest BCUT2D eigenvalue weighted by Crippen LogP contribution is -2.13. The van der Waals surface area contributed by atoms with Gasteiger partial charge >= 0.3 is 5.97 Å². The summed E-state index contributed by atoms with van der Waals surface area (Å²) < 4.78 is 10.7. The molecule has 6 nitrogen and oxygen atoms in total. The van der Waals surface area contributed by atoms with Crippen molar-refractivity contribution >= 4 is 28.3 Å². The van der Waals surface area contributed by atoms with Gasteiger partial charge in [0, 0.05) is 6.42 Å². The first-order valence-corrected chi connectivity index (χ1v) is 10.2. The summed E-state index contributed by atoms with van der Waals surface area (Å²) in [5, 5.41) is 3.13. The second-order valence-electron chi connectivity index (χ2n) is 7.43. The van der Waals surface area contributed by atoms with Crippen molar-refractivity contribution in [3.05, 3.63) is 40.4 Å². The molecule has 0 spiro atoms. The van der Waals surface area contributed by atoms with E-state index < -0.39 is 5.97 Å². The first-order chi connectivity index (χ1) is 13.2. The zero-order valence-electron chi connectivity index (χ0n) is 17.1. The molecule has 0 saturated heterocycles. The first kappa shape index (κ1) is 21.9. The van der Waals surface area contributed by atoms with Crippen LogP contribution in [0.5, 0.6) is 5.75 Å². The van der Waals surface area contributed by atoms with E-state index in [0.29, 0.717) is 41.8 Å². The van der Waals surface area contributed by atoms with Crippen molar-refractivity contribution in [2.75, 3.05) is 18.5 Å².